The van der Waals surface area contributed by atoms with Crippen molar-refractivity contribution in [3.05, 3.63) is 35.9 Å². The number of likely N-dealkylation sites (N-methyl/N-ethyl adjacent to an activating group) is 1. The van der Waals surface area contributed by atoms with E-state index in [1.165, 1.54) is 5.56 Å². The monoisotopic (exact) mass is 310 g/mol. The minimum atomic E-state index is 0. The first-order chi connectivity index (χ1) is 9.76. The first-order valence-electron chi connectivity index (χ1n) is 7.81. The second-order valence-corrected chi connectivity index (χ2v) is 5.57. The van der Waals surface area contributed by atoms with Gasteiger partial charge in [-0.1, -0.05) is 37.3 Å². The summed E-state index contributed by atoms with van der Waals surface area (Å²) in [6.45, 7) is 6.89. The fourth-order valence-corrected chi connectivity index (χ4v) is 3.06. The molecule has 3 nitrogen and oxygen atoms in total. The second kappa shape index (κ2) is 9.06. The molecule has 1 aromatic carbocycles. The van der Waals surface area contributed by atoms with Crippen molar-refractivity contribution in [2.24, 2.45) is 5.92 Å². The minimum Gasteiger partial charge on any atom is -0.339 e. The molecule has 0 spiro atoms. The molecule has 0 bridgehead atoms. The van der Waals surface area contributed by atoms with Crippen molar-refractivity contribution in [2.75, 3.05) is 19.6 Å². The molecule has 1 fully saturated rings. The van der Waals surface area contributed by atoms with Crippen molar-refractivity contribution in [2.45, 2.75) is 39.2 Å². The van der Waals surface area contributed by atoms with Crippen molar-refractivity contribution < 1.29 is 4.79 Å². The molecular formula is C17H27ClN2O. The molecule has 1 aliphatic rings. The highest BCUT2D eigenvalue weighted by Gasteiger charge is 2.29. The van der Waals surface area contributed by atoms with Crippen LogP contribution < -0.4 is 5.32 Å². The maximum absolute atomic E-state index is 12.7. The lowest BCUT2D eigenvalue weighted by Crippen LogP contribution is -2.44. The molecule has 0 aliphatic carbocycles. The summed E-state index contributed by atoms with van der Waals surface area (Å²) in [5, 5.41) is 3.29. The molecule has 1 amide bonds. The normalized spacial score (nSPS) is 18.9. The van der Waals surface area contributed by atoms with Crippen LogP contribution in [0, 0.1) is 5.92 Å². The molecule has 118 valence electrons. The van der Waals surface area contributed by atoms with E-state index in [2.05, 4.69) is 48.3 Å². The molecule has 0 radical (unpaired) electrons. The van der Waals surface area contributed by atoms with Crippen molar-refractivity contribution >= 4 is 18.3 Å². The number of hydrogen-bond acceptors (Lipinski definition) is 2. The fraction of sp³-hybridized carbons (Fsp3) is 0.588. The van der Waals surface area contributed by atoms with Crippen LogP contribution in [0.25, 0.3) is 0 Å². The van der Waals surface area contributed by atoms with Crippen molar-refractivity contribution in [1.82, 2.24) is 10.2 Å². The number of hydrogen-bond donors (Lipinski definition) is 1. The Kier molecular flexibility index (Phi) is 7.76. The first-order valence-corrected chi connectivity index (χ1v) is 7.81. The summed E-state index contributed by atoms with van der Waals surface area (Å²) in [6, 6.07) is 10.8. The molecule has 0 aromatic heterocycles. The van der Waals surface area contributed by atoms with Gasteiger partial charge in [0.15, 0.2) is 0 Å². The highest BCUT2D eigenvalue weighted by Crippen LogP contribution is 2.18. The average Bonchev–Trinajstić information content (AvgIpc) is 3.02. The third-order valence-electron chi connectivity index (χ3n) is 4.26. The van der Waals surface area contributed by atoms with E-state index >= 15 is 0 Å². The zero-order chi connectivity index (χ0) is 14.4. The third-order valence-corrected chi connectivity index (χ3v) is 4.26. The number of carbonyl (C=O) groups excluding carboxylic acids is 1. The number of amides is 1. The Balaban J connectivity index is 0.00000220. The average molecular weight is 311 g/mol. The van der Waals surface area contributed by atoms with E-state index in [-0.39, 0.29) is 18.3 Å². The van der Waals surface area contributed by atoms with Crippen LogP contribution in [0.3, 0.4) is 0 Å². The van der Waals surface area contributed by atoms with Gasteiger partial charge in [-0.05, 0) is 38.3 Å². The maximum Gasteiger partial charge on any atom is 0.227 e. The molecule has 21 heavy (non-hydrogen) atoms. The van der Waals surface area contributed by atoms with Gasteiger partial charge < -0.3 is 10.2 Å². The van der Waals surface area contributed by atoms with E-state index in [0.717, 1.165) is 38.9 Å². The molecular weight excluding hydrogens is 284 g/mol. The van der Waals surface area contributed by atoms with E-state index in [0.29, 0.717) is 11.9 Å². The van der Waals surface area contributed by atoms with Gasteiger partial charge in [-0.25, -0.2) is 0 Å². The predicted octanol–water partition coefficient (Wildman–Crippen LogP) is 2.89. The Morgan fingerprint density at radius 1 is 1.33 bits per heavy atom. The Morgan fingerprint density at radius 3 is 2.57 bits per heavy atom. The quantitative estimate of drug-likeness (QED) is 0.876. The van der Waals surface area contributed by atoms with Gasteiger partial charge in [-0.15, -0.1) is 12.4 Å². The first kappa shape index (κ1) is 18.0. The van der Waals surface area contributed by atoms with Gasteiger partial charge in [0.2, 0.25) is 5.91 Å². The summed E-state index contributed by atoms with van der Waals surface area (Å²) in [5.74, 6) is 0.514. The van der Waals surface area contributed by atoms with Gasteiger partial charge in [-0.2, -0.15) is 0 Å². The van der Waals surface area contributed by atoms with E-state index < -0.39 is 0 Å². The molecule has 1 aromatic rings. The molecule has 4 heteroatoms. The topological polar surface area (TPSA) is 32.3 Å². The second-order valence-electron chi connectivity index (χ2n) is 5.57. The largest absolute Gasteiger partial charge is 0.339 e. The number of halogens is 1. The molecule has 1 heterocycles. The molecule has 1 N–H and O–H groups in total. The summed E-state index contributed by atoms with van der Waals surface area (Å²) in [4.78, 5) is 14.7. The zero-order valence-electron chi connectivity index (χ0n) is 13.0. The van der Waals surface area contributed by atoms with Crippen LogP contribution in [0.5, 0.6) is 0 Å². The standard InChI is InChI=1S/C17H26N2O.ClH/c1-3-16(12-14-8-6-5-7-9-14)19(4-2)17(20)15-10-11-18-13-15;/h5-9,15-16,18H,3-4,10-13H2,1-2H3;1H. The lowest BCUT2D eigenvalue weighted by Gasteiger charge is -2.32. The van der Waals surface area contributed by atoms with Gasteiger partial charge >= 0.3 is 0 Å². The molecule has 2 unspecified atom stereocenters. The highest BCUT2D eigenvalue weighted by molar-refractivity contribution is 5.85. The van der Waals surface area contributed by atoms with Crippen LogP contribution >= 0.6 is 12.4 Å². The number of rotatable bonds is 6. The van der Waals surface area contributed by atoms with E-state index in [1.54, 1.807) is 0 Å². The summed E-state index contributed by atoms with van der Waals surface area (Å²) in [5.41, 5.74) is 1.31. The Bertz CT molecular complexity index is 418. The Morgan fingerprint density at radius 2 is 2.05 bits per heavy atom. The van der Waals surface area contributed by atoms with Crippen LogP contribution in [-0.2, 0) is 11.2 Å². The number of benzene rings is 1. The number of carbonyl (C=O) groups is 1. The van der Waals surface area contributed by atoms with Gasteiger partial charge in [0.05, 0.1) is 5.92 Å². The fourth-order valence-electron chi connectivity index (χ4n) is 3.06. The van der Waals surface area contributed by atoms with Crippen LogP contribution in [0.4, 0.5) is 0 Å². The summed E-state index contributed by atoms with van der Waals surface area (Å²) in [6.07, 6.45) is 2.95. The summed E-state index contributed by atoms with van der Waals surface area (Å²) < 4.78 is 0. The molecule has 1 saturated heterocycles. The third kappa shape index (κ3) is 4.72. The van der Waals surface area contributed by atoms with Crippen molar-refractivity contribution in [3.8, 4) is 0 Å². The lowest BCUT2D eigenvalue weighted by atomic mass is 9.99. The zero-order valence-corrected chi connectivity index (χ0v) is 13.9. The Hall–Kier alpha value is -1.06. The van der Waals surface area contributed by atoms with Gasteiger partial charge in [-0.3, -0.25) is 4.79 Å². The minimum absolute atomic E-state index is 0. The van der Waals surface area contributed by atoms with E-state index in [9.17, 15) is 4.79 Å². The maximum atomic E-state index is 12.7. The number of nitrogens with one attached hydrogen (secondary N) is 1. The van der Waals surface area contributed by atoms with Gasteiger partial charge in [0, 0.05) is 19.1 Å². The Labute approximate surface area is 134 Å². The van der Waals surface area contributed by atoms with E-state index in [1.807, 2.05) is 6.07 Å². The van der Waals surface area contributed by atoms with E-state index in [4.69, 9.17) is 0 Å². The highest BCUT2D eigenvalue weighted by atomic mass is 35.5. The van der Waals surface area contributed by atoms with Crippen LogP contribution in [0.15, 0.2) is 30.3 Å². The summed E-state index contributed by atoms with van der Waals surface area (Å²) >= 11 is 0. The smallest absolute Gasteiger partial charge is 0.227 e. The summed E-state index contributed by atoms with van der Waals surface area (Å²) in [7, 11) is 0. The van der Waals surface area contributed by atoms with Gasteiger partial charge in [0.1, 0.15) is 0 Å². The lowest BCUT2D eigenvalue weighted by molar-refractivity contribution is -0.137. The van der Waals surface area contributed by atoms with Crippen LogP contribution in [0.2, 0.25) is 0 Å². The predicted molar refractivity (Wildman–Crippen MR) is 89.8 cm³/mol. The van der Waals surface area contributed by atoms with Gasteiger partial charge in [0.25, 0.3) is 0 Å². The van der Waals surface area contributed by atoms with Crippen molar-refractivity contribution in [1.29, 1.82) is 0 Å². The molecule has 1 aliphatic heterocycles. The van der Waals surface area contributed by atoms with Crippen LogP contribution in [-0.4, -0.2) is 36.5 Å². The molecule has 0 saturated carbocycles. The van der Waals surface area contributed by atoms with Crippen molar-refractivity contribution in [3.63, 3.8) is 0 Å². The van der Waals surface area contributed by atoms with Crippen LogP contribution in [0.1, 0.15) is 32.3 Å². The SMILES string of the molecule is CCC(Cc1ccccc1)N(CC)C(=O)C1CCNC1.Cl. The molecule has 2 atom stereocenters. The molecule has 2 rings (SSSR count). The number of nitrogens with zero attached hydrogens (tertiary/aromatic N) is 1.